The SMILES string of the molecule is COc1ccc(S)cc1C(=O)c1ccccc1. The summed E-state index contributed by atoms with van der Waals surface area (Å²) < 4.78 is 5.19. The number of ketones is 1. The standard InChI is InChI=1S/C14H12O2S/c1-16-13-8-7-11(17)9-12(13)14(15)10-5-3-2-4-6-10/h2-9,17H,1H3. The molecule has 0 atom stereocenters. The summed E-state index contributed by atoms with van der Waals surface area (Å²) in [5.74, 6) is 0.509. The van der Waals surface area contributed by atoms with Crippen molar-refractivity contribution >= 4 is 18.4 Å². The first kappa shape index (κ1) is 11.7. The first-order valence-corrected chi connectivity index (χ1v) is 5.64. The molecular weight excluding hydrogens is 232 g/mol. The van der Waals surface area contributed by atoms with Gasteiger partial charge in [0.15, 0.2) is 5.78 Å². The van der Waals surface area contributed by atoms with E-state index in [9.17, 15) is 4.79 Å². The molecule has 0 aliphatic carbocycles. The number of carbonyl (C=O) groups excluding carboxylic acids is 1. The van der Waals surface area contributed by atoms with Gasteiger partial charge in [0.05, 0.1) is 12.7 Å². The third-order valence-electron chi connectivity index (χ3n) is 2.46. The van der Waals surface area contributed by atoms with Crippen LogP contribution in [0.2, 0.25) is 0 Å². The highest BCUT2D eigenvalue weighted by atomic mass is 32.1. The van der Waals surface area contributed by atoms with Crippen molar-refractivity contribution in [3.63, 3.8) is 0 Å². The number of benzene rings is 2. The maximum atomic E-state index is 12.3. The Morgan fingerprint density at radius 3 is 2.47 bits per heavy atom. The van der Waals surface area contributed by atoms with E-state index in [1.807, 2.05) is 18.2 Å². The van der Waals surface area contributed by atoms with E-state index in [2.05, 4.69) is 12.6 Å². The predicted octanol–water partition coefficient (Wildman–Crippen LogP) is 3.21. The molecule has 0 radical (unpaired) electrons. The van der Waals surface area contributed by atoms with E-state index in [4.69, 9.17) is 4.74 Å². The first-order chi connectivity index (χ1) is 8.22. The maximum absolute atomic E-state index is 12.3. The number of carbonyl (C=O) groups is 1. The summed E-state index contributed by atoms with van der Waals surface area (Å²) in [6.07, 6.45) is 0. The summed E-state index contributed by atoms with van der Waals surface area (Å²) in [6, 6.07) is 14.4. The Morgan fingerprint density at radius 2 is 1.82 bits per heavy atom. The van der Waals surface area contributed by atoms with Gasteiger partial charge in [-0.15, -0.1) is 12.6 Å². The molecule has 0 aliphatic rings. The quantitative estimate of drug-likeness (QED) is 0.663. The van der Waals surface area contributed by atoms with Gasteiger partial charge in [-0.05, 0) is 18.2 Å². The molecular formula is C14H12O2S. The molecule has 0 fully saturated rings. The smallest absolute Gasteiger partial charge is 0.196 e. The molecule has 0 bridgehead atoms. The van der Waals surface area contributed by atoms with Gasteiger partial charge in [0.1, 0.15) is 5.75 Å². The molecule has 0 heterocycles. The molecule has 0 spiro atoms. The fraction of sp³-hybridized carbons (Fsp3) is 0.0714. The van der Waals surface area contributed by atoms with Gasteiger partial charge in [0.25, 0.3) is 0 Å². The van der Waals surface area contributed by atoms with Crippen LogP contribution in [0.5, 0.6) is 5.75 Å². The Balaban J connectivity index is 2.47. The topological polar surface area (TPSA) is 26.3 Å². The van der Waals surface area contributed by atoms with Crippen molar-refractivity contribution in [1.29, 1.82) is 0 Å². The Morgan fingerprint density at radius 1 is 1.12 bits per heavy atom. The second-order valence-electron chi connectivity index (χ2n) is 3.58. The van der Waals surface area contributed by atoms with Gasteiger partial charge >= 0.3 is 0 Å². The van der Waals surface area contributed by atoms with Crippen LogP contribution in [0.1, 0.15) is 15.9 Å². The van der Waals surface area contributed by atoms with Gasteiger partial charge in [0.2, 0.25) is 0 Å². The van der Waals surface area contributed by atoms with Crippen molar-refractivity contribution in [1.82, 2.24) is 0 Å². The highest BCUT2D eigenvalue weighted by molar-refractivity contribution is 7.80. The zero-order valence-electron chi connectivity index (χ0n) is 9.38. The third kappa shape index (κ3) is 2.50. The molecule has 0 aliphatic heterocycles. The molecule has 2 aromatic carbocycles. The van der Waals surface area contributed by atoms with Gasteiger partial charge in [-0.25, -0.2) is 0 Å². The molecule has 0 saturated heterocycles. The fourth-order valence-electron chi connectivity index (χ4n) is 1.62. The second-order valence-corrected chi connectivity index (χ2v) is 4.10. The summed E-state index contributed by atoms with van der Waals surface area (Å²) in [6.45, 7) is 0. The van der Waals surface area contributed by atoms with Gasteiger partial charge in [-0.2, -0.15) is 0 Å². The lowest BCUT2D eigenvalue weighted by atomic mass is 10.0. The van der Waals surface area contributed by atoms with Gasteiger partial charge < -0.3 is 4.74 Å². The van der Waals surface area contributed by atoms with Crippen molar-refractivity contribution < 1.29 is 9.53 Å². The summed E-state index contributed by atoms with van der Waals surface area (Å²) in [7, 11) is 1.55. The minimum Gasteiger partial charge on any atom is -0.496 e. The largest absolute Gasteiger partial charge is 0.496 e. The minimum atomic E-state index is -0.0571. The Kier molecular flexibility index (Phi) is 3.49. The van der Waals surface area contributed by atoms with Crippen molar-refractivity contribution in [2.24, 2.45) is 0 Å². The first-order valence-electron chi connectivity index (χ1n) is 5.19. The van der Waals surface area contributed by atoms with Gasteiger partial charge in [0, 0.05) is 10.5 Å². The molecule has 0 unspecified atom stereocenters. The Labute approximate surface area is 106 Å². The van der Waals surface area contributed by atoms with Crippen molar-refractivity contribution in [2.45, 2.75) is 4.90 Å². The second kappa shape index (κ2) is 5.06. The van der Waals surface area contributed by atoms with Crippen molar-refractivity contribution in [3.8, 4) is 5.75 Å². The van der Waals surface area contributed by atoms with Crippen LogP contribution < -0.4 is 4.74 Å². The average Bonchev–Trinajstić information content (AvgIpc) is 2.39. The molecule has 2 nitrogen and oxygen atoms in total. The van der Waals surface area contributed by atoms with Crippen LogP contribution >= 0.6 is 12.6 Å². The molecule has 86 valence electrons. The number of hydrogen-bond donors (Lipinski definition) is 1. The maximum Gasteiger partial charge on any atom is 0.196 e. The van der Waals surface area contributed by atoms with Crippen LogP contribution in [-0.2, 0) is 0 Å². The molecule has 3 heteroatoms. The molecule has 2 aromatic rings. The molecule has 0 saturated carbocycles. The van der Waals surface area contributed by atoms with E-state index in [-0.39, 0.29) is 5.78 Å². The zero-order valence-corrected chi connectivity index (χ0v) is 10.3. The highest BCUT2D eigenvalue weighted by Gasteiger charge is 2.14. The minimum absolute atomic E-state index is 0.0571. The number of methoxy groups -OCH3 is 1. The summed E-state index contributed by atoms with van der Waals surface area (Å²) >= 11 is 4.24. The van der Waals surface area contributed by atoms with E-state index in [1.54, 1.807) is 37.4 Å². The van der Waals surface area contributed by atoms with Crippen LogP contribution in [-0.4, -0.2) is 12.9 Å². The van der Waals surface area contributed by atoms with E-state index in [0.717, 1.165) is 4.90 Å². The van der Waals surface area contributed by atoms with Crippen LogP contribution in [0.15, 0.2) is 53.4 Å². The van der Waals surface area contributed by atoms with E-state index in [1.165, 1.54) is 0 Å². The summed E-state index contributed by atoms with van der Waals surface area (Å²) in [5, 5.41) is 0. The lowest BCUT2D eigenvalue weighted by molar-refractivity contribution is 0.103. The number of thiol groups is 1. The fourth-order valence-corrected chi connectivity index (χ4v) is 1.82. The summed E-state index contributed by atoms with van der Waals surface area (Å²) in [5.41, 5.74) is 1.18. The molecule has 2 rings (SSSR count). The van der Waals surface area contributed by atoms with Crippen molar-refractivity contribution in [3.05, 3.63) is 59.7 Å². The highest BCUT2D eigenvalue weighted by Crippen LogP contribution is 2.24. The van der Waals surface area contributed by atoms with Crippen LogP contribution in [0, 0.1) is 0 Å². The van der Waals surface area contributed by atoms with Gasteiger partial charge in [-0.3, -0.25) is 4.79 Å². The van der Waals surface area contributed by atoms with E-state index < -0.39 is 0 Å². The lowest BCUT2D eigenvalue weighted by Crippen LogP contribution is -2.03. The molecule has 0 N–H and O–H groups in total. The van der Waals surface area contributed by atoms with Crippen LogP contribution in [0.3, 0.4) is 0 Å². The number of hydrogen-bond acceptors (Lipinski definition) is 3. The summed E-state index contributed by atoms with van der Waals surface area (Å²) in [4.78, 5) is 13.0. The monoisotopic (exact) mass is 244 g/mol. The normalized spacial score (nSPS) is 10.0. The van der Waals surface area contributed by atoms with Gasteiger partial charge in [-0.1, -0.05) is 30.3 Å². The van der Waals surface area contributed by atoms with Crippen LogP contribution in [0.4, 0.5) is 0 Å². The number of rotatable bonds is 3. The lowest BCUT2D eigenvalue weighted by Gasteiger charge is -2.08. The predicted molar refractivity (Wildman–Crippen MR) is 70.1 cm³/mol. The third-order valence-corrected chi connectivity index (χ3v) is 2.74. The molecule has 0 aromatic heterocycles. The van der Waals surface area contributed by atoms with Crippen molar-refractivity contribution in [2.75, 3.05) is 7.11 Å². The average molecular weight is 244 g/mol. The zero-order chi connectivity index (χ0) is 12.3. The van der Waals surface area contributed by atoms with E-state index >= 15 is 0 Å². The molecule has 0 amide bonds. The van der Waals surface area contributed by atoms with Crippen LogP contribution in [0.25, 0.3) is 0 Å². The van der Waals surface area contributed by atoms with E-state index in [0.29, 0.717) is 16.9 Å². The molecule has 17 heavy (non-hydrogen) atoms. The number of ether oxygens (including phenoxy) is 1. The Hall–Kier alpha value is -1.74. The Bertz CT molecular complexity index is 535.